The van der Waals surface area contributed by atoms with Gasteiger partial charge in [0, 0.05) is 31.6 Å². The zero-order valence-electron chi connectivity index (χ0n) is 12.2. The van der Waals surface area contributed by atoms with Crippen LogP contribution in [0.4, 0.5) is 0 Å². The van der Waals surface area contributed by atoms with Gasteiger partial charge in [-0.15, -0.1) is 0 Å². The number of aromatic nitrogens is 1. The predicted octanol–water partition coefficient (Wildman–Crippen LogP) is 3.25. The van der Waals surface area contributed by atoms with Gasteiger partial charge in [-0.25, -0.2) is 0 Å². The van der Waals surface area contributed by atoms with Gasteiger partial charge in [0.1, 0.15) is 0 Å². The molecule has 19 heavy (non-hydrogen) atoms. The van der Waals surface area contributed by atoms with Crippen LogP contribution in [0.3, 0.4) is 0 Å². The molecule has 3 heteroatoms. The third-order valence-electron chi connectivity index (χ3n) is 3.79. The second kappa shape index (κ2) is 7.61. The monoisotopic (exact) mass is 262 g/mol. The third-order valence-corrected chi connectivity index (χ3v) is 3.79. The molecular weight excluding hydrogens is 236 g/mol. The molecule has 1 aliphatic rings. The Morgan fingerprint density at radius 2 is 2.11 bits per heavy atom. The van der Waals surface area contributed by atoms with Gasteiger partial charge < -0.3 is 4.74 Å². The summed E-state index contributed by atoms with van der Waals surface area (Å²) in [7, 11) is 0. The van der Waals surface area contributed by atoms with Gasteiger partial charge in [0.15, 0.2) is 0 Å². The van der Waals surface area contributed by atoms with Crippen molar-refractivity contribution in [2.24, 2.45) is 0 Å². The number of rotatable bonds is 6. The molecule has 0 aliphatic carbocycles. The molecule has 1 fully saturated rings. The fraction of sp³-hybridized carbons (Fsp3) is 0.688. The van der Waals surface area contributed by atoms with Crippen LogP contribution in [0.2, 0.25) is 0 Å². The van der Waals surface area contributed by atoms with Crippen molar-refractivity contribution in [3.8, 4) is 0 Å². The molecule has 2 rings (SSSR count). The summed E-state index contributed by atoms with van der Waals surface area (Å²) in [6, 6.07) is 4.92. The highest BCUT2D eigenvalue weighted by Crippen LogP contribution is 2.22. The van der Waals surface area contributed by atoms with E-state index in [9.17, 15) is 0 Å². The first kappa shape index (κ1) is 14.5. The van der Waals surface area contributed by atoms with Crippen LogP contribution in [-0.4, -0.2) is 35.2 Å². The minimum Gasteiger partial charge on any atom is -0.379 e. The van der Waals surface area contributed by atoms with E-state index in [1.165, 1.54) is 31.4 Å². The minimum absolute atomic E-state index is 0.345. The van der Waals surface area contributed by atoms with Crippen molar-refractivity contribution >= 4 is 0 Å². The smallest absolute Gasteiger partial charge is 0.0518 e. The van der Waals surface area contributed by atoms with E-state index in [1.54, 1.807) is 0 Å². The summed E-state index contributed by atoms with van der Waals surface area (Å²) in [5, 5.41) is 0. The molecule has 0 bridgehead atoms. The Morgan fingerprint density at radius 3 is 2.84 bits per heavy atom. The summed E-state index contributed by atoms with van der Waals surface area (Å²) in [5.74, 6) is 0. The van der Waals surface area contributed by atoms with Crippen LogP contribution >= 0.6 is 0 Å². The lowest BCUT2D eigenvalue weighted by atomic mass is 9.99. The van der Waals surface area contributed by atoms with Crippen LogP contribution in [0.5, 0.6) is 0 Å². The van der Waals surface area contributed by atoms with E-state index in [0.29, 0.717) is 12.1 Å². The molecule has 0 unspecified atom stereocenters. The maximum Gasteiger partial charge on any atom is 0.0518 e. The predicted molar refractivity (Wildman–Crippen MR) is 78.0 cm³/mol. The van der Waals surface area contributed by atoms with E-state index < -0.39 is 0 Å². The summed E-state index contributed by atoms with van der Waals surface area (Å²) >= 11 is 0. The van der Waals surface area contributed by atoms with Gasteiger partial charge in [-0.1, -0.05) is 6.42 Å². The standard InChI is InChI=1S/C16H26N2O/c1-14(2)19-12-8-16-5-3-4-11-18(16)13-15-6-9-17-10-7-15/h6-7,9-10,14,16H,3-5,8,11-13H2,1-2H3/t16-/m1/s1. The van der Waals surface area contributed by atoms with Crippen molar-refractivity contribution in [2.75, 3.05) is 13.2 Å². The minimum atomic E-state index is 0.345. The highest BCUT2D eigenvalue weighted by molar-refractivity contribution is 5.09. The van der Waals surface area contributed by atoms with Crippen LogP contribution in [0.15, 0.2) is 24.5 Å². The first-order valence-corrected chi connectivity index (χ1v) is 7.50. The fourth-order valence-electron chi connectivity index (χ4n) is 2.76. The summed E-state index contributed by atoms with van der Waals surface area (Å²) < 4.78 is 5.71. The van der Waals surface area contributed by atoms with Gasteiger partial charge in [-0.3, -0.25) is 9.88 Å². The summed E-state index contributed by atoms with van der Waals surface area (Å²) in [6.45, 7) is 7.37. The Kier molecular flexibility index (Phi) is 5.80. The molecule has 1 saturated heterocycles. The number of nitrogens with zero attached hydrogens (tertiary/aromatic N) is 2. The number of ether oxygens (including phenoxy) is 1. The SMILES string of the molecule is CC(C)OCC[C@H]1CCCCN1Cc1ccncc1. The molecule has 1 aliphatic heterocycles. The Bertz CT molecular complexity index is 353. The van der Waals surface area contributed by atoms with Gasteiger partial charge in [0.05, 0.1) is 6.10 Å². The highest BCUT2D eigenvalue weighted by Gasteiger charge is 2.22. The lowest BCUT2D eigenvalue weighted by Crippen LogP contribution is -2.39. The first-order chi connectivity index (χ1) is 9.25. The molecule has 1 atom stereocenters. The number of likely N-dealkylation sites (tertiary alicyclic amines) is 1. The van der Waals surface area contributed by atoms with Crippen molar-refractivity contribution in [3.63, 3.8) is 0 Å². The number of hydrogen-bond acceptors (Lipinski definition) is 3. The molecule has 0 spiro atoms. The van der Waals surface area contributed by atoms with Crippen molar-refractivity contribution in [1.82, 2.24) is 9.88 Å². The molecule has 1 aromatic rings. The van der Waals surface area contributed by atoms with Crippen LogP contribution in [-0.2, 0) is 11.3 Å². The average molecular weight is 262 g/mol. The molecule has 0 aromatic carbocycles. The number of pyridine rings is 1. The highest BCUT2D eigenvalue weighted by atomic mass is 16.5. The Morgan fingerprint density at radius 1 is 1.32 bits per heavy atom. The van der Waals surface area contributed by atoms with Crippen molar-refractivity contribution in [2.45, 2.75) is 58.2 Å². The molecule has 0 radical (unpaired) electrons. The largest absolute Gasteiger partial charge is 0.379 e. The fourth-order valence-corrected chi connectivity index (χ4v) is 2.76. The molecule has 106 valence electrons. The summed E-state index contributed by atoms with van der Waals surface area (Å²) in [6.07, 6.45) is 9.27. The molecule has 3 nitrogen and oxygen atoms in total. The van der Waals surface area contributed by atoms with Gasteiger partial charge in [0.2, 0.25) is 0 Å². The van der Waals surface area contributed by atoms with Gasteiger partial charge >= 0.3 is 0 Å². The molecular formula is C16H26N2O. The van der Waals surface area contributed by atoms with Crippen LogP contribution in [0.25, 0.3) is 0 Å². The van der Waals surface area contributed by atoms with Crippen LogP contribution in [0, 0.1) is 0 Å². The second-order valence-electron chi connectivity index (χ2n) is 5.68. The van der Waals surface area contributed by atoms with Gasteiger partial charge in [-0.05, 0) is 57.4 Å². The Labute approximate surface area is 117 Å². The Hall–Kier alpha value is -0.930. The quantitative estimate of drug-likeness (QED) is 0.787. The summed E-state index contributed by atoms with van der Waals surface area (Å²) in [5.41, 5.74) is 1.37. The Balaban J connectivity index is 1.85. The van der Waals surface area contributed by atoms with Crippen LogP contribution < -0.4 is 0 Å². The second-order valence-corrected chi connectivity index (χ2v) is 5.68. The normalized spacial score (nSPS) is 20.9. The van der Waals surface area contributed by atoms with E-state index in [1.807, 2.05) is 12.4 Å². The zero-order valence-corrected chi connectivity index (χ0v) is 12.2. The third kappa shape index (κ3) is 4.92. The van der Waals surface area contributed by atoms with E-state index in [0.717, 1.165) is 19.6 Å². The van der Waals surface area contributed by atoms with E-state index in [4.69, 9.17) is 4.74 Å². The lowest BCUT2D eigenvalue weighted by molar-refractivity contribution is 0.0457. The maximum atomic E-state index is 5.71. The topological polar surface area (TPSA) is 25.4 Å². The van der Waals surface area contributed by atoms with E-state index in [-0.39, 0.29) is 0 Å². The average Bonchev–Trinajstić information content (AvgIpc) is 2.41. The van der Waals surface area contributed by atoms with Crippen LogP contribution in [0.1, 0.15) is 45.1 Å². The van der Waals surface area contributed by atoms with Crippen molar-refractivity contribution < 1.29 is 4.74 Å². The van der Waals surface area contributed by atoms with Gasteiger partial charge in [0.25, 0.3) is 0 Å². The van der Waals surface area contributed by atoms with E-state index >= 15 is 0 Å². The molecule has 2 heterocycles. The van der Waals surface area contributed by atoms with Crippen molar-refractivity contribution in [1.29, 1.82) is 0 Å². The summed E-state index contributed by atoms with van der Waals surface area (Å²) in [4.78, 5) is 6.70. The van der Waals surface area contributed by atoms with Gasteiger partial charge in [-0.2, -0.15) is 0 Å². The number of hydrogen-bond donors (Lipinski definition) is 0. The zero-order chi connectivity index (χ0) is 13.5. The molecule has 0 saturated carbocycles. The molecule has 0 N–H and O–H groups in total. The first-order valence-electron chi connectivity index (χ1n) is 7.50. The van der Waals surface area contributed by atoms with Crippen molar-refractivity contribution in [3.05, 3.63) is 30.1 Å². The number of piperidine rings is 1. The van der Waals surface area contributed by atoms with E-state index in [2.05, 4.69) is 35.9 Å². The maximum absolute atomic E-state index is 5.71. The lowest BCUT2D eigenvalue weighted by Gasteiger charge is -2.36. The molecule has 0 amide bonds. The molecule has 1 aromatic heterocycles.